The largest absolute Gasteiger partial charge is 0.494 e. The van der Waals surface area contributed by atoms with Crippen LogP contribution < -0.4 is 15.4 Å². The minimum Gasteiger partial charge on any atom is -0.494 e. The predicted octanol–water partition coefficient (Wildman–Crippen LogP) is 1.83. The van der Waals surface area contributed by atoms with Crippen molar-refractivity contribution in [3.63, 3.8) is 0 Å². The Kier molecular flexibility index (Phi) is 5.43. The maximum atomic E-state index is 11.8. The lowest BCUT2D eigenvalue weighted by Crippen LogP contribution is -2.40. The van der Waals surface area contributed by atoms with Crippen molar-refractivity contribution in [3.8, 4) is 5.75 Å². The summed E-state index contributed by atoms with van der Waals surface area (Å²) in [6.45, 7) is 4.07. The average Bonchev–Trinajstić information content (AvgIpc) is 3.00. The Balaban J connectivity index is 1.78. The number of nitrogens with zero attached hydrogens (tertiary/aromatic N) is 1. The topological polar surface area (TPSA) is 70.7 Å². The smallest absolute Gasteiger partial charge is 0.319 e. The van der Waals surface area contributed by atoms with Crippen LogP contribution in [0.4, 0.5) is 10.5 Å². The lowest BCUT2D eigenvalue weighted by Gasteiger charge is -2.15. The van der Waals surface area contributed by atoms with Crippen LogP contribution in [-0.4, -0.2) is 43.1 Å². The third-order valence-corrected chi connectivity index (χ3v) is 3.26. The molecule has 0 bridgehead atoms. The predicted molar refractivity (Wildman–Crippen MR) is 80.4 cm³/mol. The number of anilines is 1. The highest BCUT2D eigenvalue weighted by atomic mass is 16.5. The van der Waals surface area contributed by atoms with Gasteiger partial charge in [0, 0.05) is 24.8 Å². The molecule has 2 N–H and O–H groups in total. The van der Waals surface area contributed by atoms with Crippen LogP contribution in [0.2, 0.25) is 0 Å². The van der Waals surface area contributed by atoms with E-state index in [2.05, 4.69) is 10.6 Å². The number of hydrogen-bond acceptors (Lipinski definition) is 3. The van der Waals surface area contributed by atoms with E-state index in [-0.39, 0.29) is 12.5 Å². The van der Waals surface area contributed by atoms with Crippen LogP contribution >= 0.6 is 0 Å². The van der Waals surface area contributed by atoms with Crippen LogP contribution in [0.15, 0.2) is 24.3 Å². The van der Waals surface area contributed by atoms with Gasteiger partial charge in [0.15, 0.2) is 0 Å². The van der Waals surface area contributed by atoms with Gasteiger partial charge in [-0.15, -0.1) is 0 Å². The fourth-order valence-corrected chi connectivity index (χ4v) is 2.24. The van der Waals surface area contributed by atoms with Gasteiger partial charge in [-0.25, -0.2) is 4.79 Å². The number of benzene rings is 1. The molecule has 0 aromatic heterocycles. The van der Waals surface area contributed by atoms with Gasteiger partial charge in [0.25, 0.3) is 0 Å². The second-order valence-electron chi connectivity index (χ2n) is 4.86. The van der Waals surface area contributed by atoms with Crippen molar-refractivity contribution < 1.29 is 14.3 Å². The summed E-state index contributed by atoms with van der Waals surface area (Å²) in [6, 6.07) is 6.74. The molecule has 1 aliphatic rings. The van der Waals surface area contributed by atoms with Crippen molar-refractivity contribution in [2.24, 2.45) is 0 Å². The lowest BCUT2D eigenvalue weighted by molar-refractivity contribution is -0.128. The van der Waals surface area contributed by atoms with E-state index in [9.17, 15) is 9.59 Å². The van der Waals surface area contributed by atoms with Crippen LogP contribution in [0.1, 0.15) is 19.8 Å². The molecule has 0 radical (unpaired) electrons. The zero-order valence-electron chi connectivity index (χ0n) is 12.2. The molecular weight excluding hydrogens is 270 g/mol. The molecule has 1 fully saturated rings. The molecule has 1 aromatic rings. The quantitative estimate of drug-likeness (QED) is 0.869. The molecule has 0 saturated carbocycles. The molecule has 0 spiro atoms. The van der Waals surface area contributed by atoms with Crippen LogP contribution in [-0.2, 0) is 4.79 Å². The molecule has 1 aromatic carbocycles. The van der Waals surface area contributed by atoms with E-state index >= 15 is 0 Å². The van der Waals surface area contributed by atoms with Gasteiger partial charge < -0.3 is 20.3 Å². The molecule has 0 aliphatic carbocycles. The van der Waals surface area contributed by atoms with Crippen molar-refractivity contribution in [2.75, 3.05) is 31.6 Å². The first-order valence-corrected chi connectivity index (χ1v) is 7.24. The Morgan fingerprint density at radius 2 is 2.05 bits per heavy atom. The molecule has 3 amide bonds. The van der Waals surface area contributed by atoms with Gasteiger partial charge in [-0.2, -0.15) is 0 Å². The maximum absolute atomic E-state index is 11.8. The molecule has 6 nitrogen and oxygen atoms in total. The second-order valence-corrected chi connectivity index (χ2v) is 4.86. The average molecular weight is 291 g/mol. The molecule has 114 valence electrons. The molecule has 6 heteroatoms. The first-order valence-electron chi connectivity index (χ1n) is 7.24. The fraction of sp³-hybridized carbons (Fsp3) is 0.467. The minimum atomic E-state index is -0.392. The van der Waals surface area contributed by atoms with Gasteiger partial charge >= 0.3 is 6.03 Å². The Morgan fingerprint density at radius 1 is 1.29 bits per heavy atom. The Labute approximate surface area is 124 Å². The highest BCUT2D eigenvalue weighted by molar-refractivity contribution is 5.92. The van der Waals surface area contributed by atoms with Crippen molar-refractivity contribution in [1.82, 2.24) is 10.2 Å². The molecule has 1 aliphatic heterocycles. The second kappa shape index (κ2) is 7.52. The number of carbonyl (C=O) groups is 2. The molecule has 2 rings (SSSR count). The van der Waals surface area contributed by atoms with Gasteiger partial charge in [0.05, 0.1) is 13.2 Å². The summed E-state index contributed by atoms with van der Waals surface area (Å²) in [7, 11) is 0. The summed E-state index contributed by atoms with van der Waals surface area (Å²) in [5, 5.41) is 5.26. The van der Waals surface area contributed by atoms with Gasteiger partial charge in [-0.05, 0) is 31.9 Å². The van der Waals surface area contributed by atoms with E-state index in [1.165, 1.54) is 0 Å². The van der Waals surface area contributed by atoms with Crippen molar-refractivity contribution in [2.45, 2.75) is 19.8 Å². The number of amides is 3. The zero-order valence-corrected chi connectivity index (χ0v) is 12.2. The molecule has 21 heavy (non-hydrogen) atoms. The molecular formula is C15H21N3O3. The summed E-state index contributed by atoms with van der Waals surface area (Å²) in [6.07, 6.45) is 2.09. The maximum Gasteiger partial charge on any atom is 0.319 e. The Hall–Kier alpha value is -2.24. The number of hydrogen-bond donors (Lipinski definition) is 2. The van der Waals surface area contributed by atoms with Crippen molar-refractivity contribution in [1.29, 1.82) is 0 Å². The van der Waals surface area contributed by atoms with E-state index in [0.717, 1.165) is 25.9 Å². The third-order valence-electron chi connectivity index (χ3n) is 3.26. The van der Waals surface area contributed by atoms with Crippen LogP contribution in [0.5, 0.6) is 5.75 Å². The Bertz CT molecular complexity index is 499. The van der Waals surface area contributed by atoms with E-state index in [4.69, 9.17) is 4.74 Å². The standard InChI is InChI=1S/C15H21N3O3/c1-2-21-13-7-5-6-12(10-13)17-15(20)16-11-14(19)18-8-3-4-9-18/h5-7,10H,2-4,8-9,11H2,1H3,(H2,16,17,20). The normalized spacial score (nSPS) is 13.9. The first kappa shape index (κ1) is 15.2. The molecule has 1 saturated heterocycles. The summed E-state index contributed by atoms with van der Waals surface area (Å²) in [4.78, 5) is 25.3. The number of ether oxygens (including phenoxy) is 1. The minimum absolute atomic E-state index is 0.0248. The summed E-state index contributed by atoms with van der Waals surface area (Å²) in [5.41, 5.74) is 0.632. The van der Waals surface area contributed by atoms with Gasteiger partial charge in [-0.3, -0.25) is 4.79 Å². The highest BCUT2D eigenvalue weighted by Crippen LogP contribution is 2.17. The van der Waals surface area contributed by atoms with Crippen molar-refractivity contribution >= 4 is 17.6 Å². The molecule has 0 unspecified atom stereocenters. The summed E-state index contributed by atoms with van der Waals surface area (Å²) in [5.74, 6) is 0.661. The van der Waals surface area contributed by atoms with E-state index < -0.39 is 6.03 Å². The first-order chi connectivity index (χ1) is 10.2. The number of likely N-dealkylation sites (tertiary alicyclic amines) is 1. The van der Waals surface area contributed by atoms with Gasteiger partial charge in [0.1, 0.15) is 5.75 Å². The van der Waals surface area contributed by atoms with Gasteiger partial charge in [0.2, 0.25) is 5.91 Å². The van der Waals surface area contributed by atoms with Gasteiger partial charge in [-0.1, -0.05) is 6.07 Å². The third kappa shape index (κ3) is 4.66. The summed E-state index contributed by atoms with van der Waals surface area (Å²) >= 11 is 0. The molecule has 1 heterocycles. The van der Waals surface area contributed by atoms with Crippen molar-refractivity contribution in [3.05, 3.63) is 24.3 Å². The Morgan fingerprint density at radius 3 is 2.76 bits per heavy atom. The summed E-state index contributed by atoms with van der Waals surface area (Å²) < 4.78 is 5.36. The SMILES string of the molecule is CCOc1cccc(NC(=O)NCC(=O)N2CCCC2)c1. The number of nitrogens with one attached hydrogen (secondary N) is 2. The highest BCUT2D eigenvalue weighted by Gasteiger charge is 2.18. The van der Waals surface area contributed by atoms with Crippen LogP contribution in [0.25, 0.3) is 0 Å². The molecule has 0 atom stereocenters. The van der Waals surface area contributed by atoms with E-state index in [1.807, 2.05) is 13.0 Å². The number of urea groups is 1. The van der Waals surface area contributed by atoms with E-state index in [0.29, 0.717) is 18.0 Å². The van der Waals surface area contributed by atoms with Crippen LogP contribution in [0.3, 0.4) is 0 Å². The zero-order chi connectivity index (χ0) is 15.1. The number of rotatable bonds is 5. The fourth-order valence-electron chi connectivity index (χ4n) is 2.24. The van der Waals surface area contributed by atoms with E-state index in [1.54, 1.807) is 23.1 Å². The van der Waals surface area contributed by atoms with Crippen LogP contribution in [0, 0.1) is 0 Å². The lowest BCUT2D eigenvalue weighted by atomic mass is 10.3. The monoisotopic (exact) mass is 291 g/mol. The number of carbonyl (C=O) groups excluding carboxylic acids is 2.